The summed E-state index contributed by atoms with van der Waals surface area (Å²) >= 11 is 1.92. The summed E-state index contributed by atoms with van der Waals surface area (Å²) in [5, 5.41) is 18.6. The van der Waals surface area contributed by atoms with Gasteiger partial charge in [-0.2, -0.15) is 0 Å². The summed E-state index contributed by atoms with van der Waals surface area (Å²) in [7, 11) is 0. The van der Waals surface area contributed by atoms with Crippen LogP contribution in [0, 0.1) is 10.8 Å². The van der Waals surface area contributed by atoms with E-state index in [4.69, 9.17) is 5.11 Å². The van der Waals surface area contributed by atoms with Crippen LogP contribution in [0.15, 0.2) is 34.4 Å². The van der Waals surface area contributed by atoms with Crippen molar-refractivity contribution in [1.82, 2.24) is 15.5 Å². The van der Waals surface area contributed by atoms with E-state index in [0.29, 0.717) is 17.0 Å². The van der Waals surface area contributed by atoms with Gasteiger partial charge in [-0.15, -0.1) is 0 Å². The average molecular weight is 448 g/mol. The van der Waals surface area contributed by atoms with E-state index in [0.717, 1.165) is 38.9 Å². The minimum absolute atomic E-state index is 0.279. The van der Waals surface area contributed by atoms with Gasteiger partial charge < -0.3 is 15.7 Å². The third-order valence-electron chi connectivity index (χ3n) is 7.50. The summed E-state index contributed by atoms with van der Waals surface area (Å²) in [5.74, 6) is 0. The highest BCUT2D eigenvalue weighted by atomic mass is 32.2. The van der Waals surface area contributed by atoms with Crippen LogP contribution < -0.4 is 10.6 Å². The first-order valence-corrected chi connectivity index (χ1v) is 13.3. The Morgan fingerprint density at radius 1 is 1.19 bits per heavy atom. The second-order valence-corrected chi connectivity index (χ2v) is 11.7. The number of nitrogens with zero attached hydrogens (tertiary/aromatic N) is 1. The van der Waals surface area contributed by atoms with Gasteiger partial charge >= 0.3 is 0 Å². The van der Waals surface area contributed by atoms with Crippen molar-refractivity contribution in [3.63, 3.8) is 0 Å². The molecular formula is C26H45N3OS. The Kier molecular flexibility index (Phi) is 8.76. The number of hydrogen-bond donors (Lipinski definition) is 3. The number of nitrogens with one attached hydrogen (secondary N) is 2. The van der Waals surface area contributed by atoms with Crippen LogP contribution >= 0.6 is 11.8 Å². The van der Waals surface area contributed by atoms with Gasteiger partial charge in [-0.1, -0.05) is 64.1 Å². The highest BCUT2D eigenvalue weighted by molar-refractivity contribution is 8.02. The van der Waals surface area contributed by atoms with E-state index in [-0.39, 0.29) is 12.0 Å². The summed E-state index contributed by atoms with van der Waals surface area (Å²) in [4.78, 5) is 2.58. The highest BCUT2D eigenvalue weighted by Gasteiger charge is 2.37. The van der Waals surface area contributed by atoms with Gasteiger partial charge in [-0.3, -0.25) is 4.90 Å². The van der Waals surface area contributed by atoms with Crippen LogP contribution in [0.5, 0.6) is 0 Å². The van der Waals surface area contributed by atoms with Gasteiger partial charge in [0, 0.05) is 37.9 Å². The van der Waals surface area contributed by atoms with E-state index < -0.39 is 0 Å². The molecule has 0 aromatic rings. The molecule has 2 heterocycles. The fourth-order valence-electron chi connectivity index (χ4n) is 5.36. The normalized spacial score (nSPS) is 27.0. The standard InChI is InChI=1S/C26H45N3OS/c1-6-22-23(26(4,5)14-13-25(22,2)3)10-7-9-21-19-31-24(28-21)29-16-11-20(12-17-29)27-15-8-18-30/h7,10,19-20,24,27-28,30H,6,8-9,11-18H2,1-5H3/b10-7-. The van der Waals surface area contributed by atoms with Gasteiger partial charge in [-0.25, -0.2) is 0 Å². The molecule has 1 saturated heterocycles. The average Bonchev–Trinajstić information content (AvgIpc) is 3.20. The minimum atomic E-state index is 0.279. The first-order valence-electron chi connectivity index (χ1n) is 12.4. The Hall–Kier alpha value is -0.750. The summed E-state index contributed by atoms with van der Waals surface area (Å²) < 4.78 is 0. The molecule has 4 nitrogen and oxygen atoms in total. The summed E-state index contributed by atoms with van der Waals surface area (Å²) in [6, 6.07) is 0.605. The van der Waals surface area contributed by atoms with E-state index >= 15 is 0 Å². The van der Waals surface area contributed by atoms with Crippen molar-refractivity contribution in [3.05, 3.63) is 34.4 Å². The molecule has 1 aliphatic carbocycles. The maximum Gasteiger partial charge on any atom is 0.132 e. The molecule has 0 bridgehead atoms. The Morgan fingerprint density at radius 2 is 1.90 bits per heavy atom. The number of rotatable bonds is 9. The van der Waals surface area contributed by atoms with E-state index in [9.17, 15) is 0 Å². The zero-order chi connectivity index (χ0) is 22.5. The second-order valence-electron chi connectivity index (χ2n) is 10.7. The molecule has 0 aromatic carbocycles. The molecule has 3 rings (SSSR count). The van der Waals surface area contributed by atoms with Gasteiger partial charge in [0.05, 0.1) is 0 Å². The molecule has 176 valence electrons. The molecule has 0 radical (unpaired) electrons. The molecule has 0 spiro atoms. The van der Waals surface area contributed by atoms with Crippen LogP contribution in [-0.2, 0) is 0 Å². The molecule has 31 heavy (non-hydrogen) atoms. The van der Waals surface area contributed by atoms with Crippen molar-refractivity contribution in [1.29, 1.82) is 0 Å². The number of aliphatic hydroxyl groups is 1. The molecule has 2 aliphatic heterocycles. The predicted molar refractivity (Wildman–Crippen MR) is 135 cm³/mol. The second kappa shape index (κ2) is 10.9. The predicted octanol–water partition coefficient (Wildman–Crippen LogP) is 5.38. The molecule has 3 N–H and O–H groups in total. The fourth-order valence-corrected chi connectivity index (χ4v) is 6.42. The maximum absolute atomic E-state index is 8.94. The van der Waals surface area contributed by atoms with Crippen LogP contribution in [0.4, 0.5) is 0 Å². The van der Waals surface area contributed by atoms with Crippen LogP contribution in [0.1, 0.15) is 79.6 Å². The Labute approximate surface area is 195 Å². The Morgan fingerprint density at radius 3 is 2.58 bits per heavy atom. The number of allylic oxidation sites excluding steroid dienone is 4. The molecule has 5 heteroatoms. The van der Waals surface area contributed by atoms with Gasteiger partial charge in [-0.05, 0) is 66.9 Å². The molecular weight excluding hydrogens is 402 g/mol. The fraction of sp³-hybridized carbons (Fsp3) is 0.769. The first-order chi connectivity index (χ1) is 14.8. The SMILES string of the molecule is CCC1=C(/C=C\CC2=CSC(N3CCC(NCCCO)CC3)N2)C(C)(C)CCC1(C)C. The quantitative estimate of drug-likeness (QED) is 0.414. The van der Waals surface area contributed by atoms with Gasteiger partial charge in [0.2, 0.25) is 0 Å². The van der Waals surface area contributed by atoms with E-state index in [2.05, 4.69) is 67.7 Å². The molecule has 0 saturated carbocycles. The largest absolute Gasteiger partial charge is 0.396 e. The van der Waals surface area contributed by atoms with Crippen molar-refractivity contribution in [2.24, 2.45) is 10.8 Å². The van der Waals surface area contributed by atoms with Crippen LogP contribution in [0.25, 0.3) is 0 Å². The van der Waals surface area contributed by atoms with Crippen LogP contribution in [0.3, 0.4) is 0 Å². The minimum Gasteiger partial charge on any atom is -0.396 e. The Balaban J connectivity index is 1.49. The third-order valence-corrected chi connectivity index (χ3v) is 8.59. The van der Waals surface area contributed by atoms with Crippen molar-refractivity contribution in [3.8, 4) is 0 Å². The monoisotopic (exact) mass is 447 g/mol. The number of aliphatic hydroxyl groups excluding tert-OH is 1. The zero-order valence-electron chi connectivity index (χ0n) is 20.5. The topological polar surface area (TPSA) is 47.5 Å². The Bertz CT molecular complexity index is 687. The van der Waals surface area contributed by atoms with Gasteiger partial charge in [0.1, 0.15) is 5.50 Å². The summed E-state index contributed by atoms with van der Waals surface area (Å²) in [6.07, 6.45) is 12.8. The van der Waals surface area contributed by atoms with Crippen molar-refractivity contribution >= 4 is 11.8 Å². The number of piperidine rings is 1. The zero-order valence-corrected chi connectivity index (χ0v) is 21.3. The van der Waals surface area contributed by atoms with E-state index in [1.807, 2.05) is 11.8 Å². The molecule has 1 unspecified atom stereocenters. The summed E-state index contributed by atoms with van der Waals surface area (Å²) in [6.45, 7) is 15.5. The van der Waals surface area contributed by atoms with Gasteiger partial charge in [0.25, 0.3) is 0 Å². The van der Waals surface area contributed by atoms with Crippen molar-refractivity contribution in [2.45, 2.75) is 91.1 Å². The smallest absolute Gasteiger partial charge is 0.132 e. The third kappa shape index (κ3) is 6.40. The van der Waals surface area contributed by atoms with Crippen molar-refractivity contribution in [2.75, 3.05) is 26.2 Å². The first kappa shape index (κ1) is 24.9. The van der Waals surface area contributed by atoms with Crippen LogP contribution in [-0.4, -0.2) is 47.8 Å². The molecule has 1 fully saturated rings. The number of hydrogen-bond acceptors (Lipinski definition) is 5. The molecule has 0 aromatic heterocycles. The van der Waals surface area contributed by atoms with E-state index in [1.165, 1.54) is 31.4 Å². The highest BCUT2D eigenvalue weighted by Crippen LogP contribution is 2.50. The van der Waals surface area contributed by atoms with E-state index in [1.54, 1.807) is 11.1 Å². The maximum atomic E-state index is 8.94. The van der Waals surface area contributed by atoms with Crippen molar-refractivity contribution < 1.29 is 5.11 Å². The lowest BCUT2D eigenvalue weighted by molar-refractivity contribution is 0.173. The molecule has 1 atom stereocenters. The summed E-state index contributed by atoms with van der Waals surface area (Å²) in [5.41, 5.74) is 5.57. The van der Waals surface area contributed by atoms with Crippen LogP contribution in [0.2, 0.25) is 0 Å². The lowest BCUT2D eigenvalue weighted by Gasteiger charge is -2.43. The molecule has 3 aliphatic rings. The van der Waals surface area contributed by atoms with Gasteiger partial charge in [0.15, 0.2) is 0 Å². The molecule has 0 amide bonds. The number of likely N-dealkylation sites (tertiary alicyclic amines) is 1. The number of thioether (sulfide) groups is 1. The lowest BCUT2D eigenvalue weighted by atomic mass is 9.62. The lowest BCUT2D eigenvalue weighted by Crippen LogP contribution is -2.49.